The predicted molar refractivity (Wildman–Crippen MR) is 122 cm³/mol. The number of hydrogen-bond donors (Lipinski definition) is 1. The van der Waals surface area contributed by atoms with Gasteiger partial charge in [0, 0.05) is 25.6 Å². The number of aromatic nitrogens is 2. The summed E-state index contributed by atoms with van der Waals surface area (Å²) in [5.41, 5.74) is 2.22. The lowest BCUT2D eigenvalue weighted by molar-refractivity contribution is -0.116. The minimum absolute atomic E-state index is 0.201. The maximum atomic E-state index is 13.2. The first-order valence-corrected chi connectivity index (χ1v) is 11.9. The molecule has 0 aliphatic heterocycles. The zero-order chi connectivity index (χ0) is 23.3. The number of sulfonamides is 1. The number of rotatable bonds is 9. The number of nitrogens with zero attached hydrogens (tertiary/aromatic N) is 3. The van der Waals surface area contributed by atoms with Crippen molar-refractivity contribution in [2.24, 2.45) is 0 Å². The van der Waals surface area contributed by atoms with Gasteiger partial charge >= 0.3 is 0 Å². The summed E-state index contributed by atoms with van der Waals surface area (Å²) >= 11 is 0. The first-order chi connectivity index (χ1) is 15.2. The Kier molecular flexibility index (Phi) is 7.42. The first kappa shape index (κ1) is 23.6. The molecule has 2 aromatic carbocycles. The zero-order valence-corrected chi connectivity index (χ0v) is 19.2. The van der Waals surface area contributed by atoms with E-state index < -0.39 is 10.0 Å². The molecule has 32 heavy (non-hydrogen) atoms. The van der Waals surface area contributed by atoms with Crippen LogP contribution in [0, 0.1) is 12.7 Å². The molecule has 7 nitrogen and oxygen atoms in total. The molecule has 0 bridgehead atoms. The van der Waals surface area contributed by atoms with E-state index in [1.807, 2.05) is 6.92 Å². The molecule has 0 atom stereocenters. The molecule has 1 heterocycles. The van der Waals surface area contributed by atoms with Gasteiger partial charge in [-0.25, -0.2) is 17.5 Å². The van der Waals surface area contributed by atoms with Crippen molar-refractivity contribution in [3.8, 4) is 5.69 Å². The van der Waals surface area contributed by atoms with Crippen LogP contribution in [0.25, 0.3) is 5.69 Å². The van der Waals surface area contributed by atoms with E-state index in [4.69, 9.17) is 0 Å². The van der Waals surface area contributed by atoms with Crippen molar-refractivity contribution in [3.63, 3.8) is 0 Å². The van der Waals surface area contributed by atoms with Gasteiger partial charge in [-0.05, 0) is 55.3 Å². The van der Waals surface area contributed by atoms with Gasteiger partial charge in [0.25, 0.3) is 0 Å². The van der Waals surface area contributed by atoms with Crippen LogP contribution in [0.4, 0.5) is 10.2 Å². The third-order valence-electron chi connectivity index (χ3n) is 5.08. The Hall–Kier alpha value is -3.04. The Morgan fingerprint density at radius 2 is 1.69 bits per heavy atom. The van der Waals surface area contributed by atoms with Gasteiger partial charge in [-0.1, -0.05) is 26.0 Å². The molecule has 0 fully saturated rings. The Morgan fingerprint density at radius 1 is 1.06 bits per heavy atom. The van der Waals surface area contributed by atoms with E-state index in [2.05, 4.69) is 10.4 Å². The number of benzene rings is 2. The fourth-order valence-corrected chi connectivity index (χ4v) is 4.83. The maximum Gasteiger partial charge on any atom is 0.243 e. The smallest absolute Gasteiger partial charge is 0.243 e. The SMILES string of the molecule is CCN(CC)S(=O)(=O)c1ccc(CCC(=O)Nc2cc(C)nn2-c2ccc(F)cc2)cc1. The lowest BCUT2D eigenvalue weighted by Crippen LogP contribution is -2.30. The minimum atomic E-state index is -3.50. The Labute approximate surface area is 187 Å². The lowest BCUT2D eigenvalue weighted by Gasteiger charge is -2.18. The molecule has 0 saturated heterocycles. The number of aryl methyl sites for hydroxylation is 2. The Balaban J connectivity index is 1.64. The topological polar surface area (TPSA) is 84.3 Å². The van der Waals surface area contributed by atoms with Gasteiger partial charge in [0.05, 0.1) is 16.3 Å². The number of amides is 1. The van der Waals surface area contributed by atoms with Gasteiger partial charge in [-0.15, -0.1) is 0 Å². The number of nitrogens with one attached hydrogen (secondary N) is 1. The monoisotopic (exact) mass is 458 g/mol. The molecule has 1 aromatic heterocycles. The van der Waals surface area contributed by atoms with Crippen LogP contribution >= 0.6 is 0 Å². The van der Waals surface area contributed by atoms with Gasteiger partial charge < -0.3 is 5.32 Å². The normalized spacial score (nSPS) is 11.7. The van der Waals surface area contributed by atoms with Crippen molar-refractivity contribution < 1.29 is 17.6 Å². The molecule has 0 saturated carbocycles. The number of halogens is 1. The van der Waals surface area contributed by atoms with Crippen molar-refractivity contribution >= 4 is 21.7 Å². The summed E-state index contributed by atoms with van der Waals surface area (Å²) in [5.74, 6) is -0.0491. The standard InChI is InChI=1S/C23H27FN4O3S/c1-4-27(5-2)32(30,31)21-13-6-18(7-14-21)8-15-23(29)25-22-16-17(3)26-28(22)20-11-9-19(24)10-12-20/h6-7,9-14,16H,4-5,8,15H2,1-3H3,(H,25,29). The summed E-state index contributed by atoms with van der Waals surface area (Å²) in [7, 11) is -3.50. The average Bonchev–Trinajstić information content (AvgIpc) is 3.13. The average molecular weight is 459 g/mol. The summed E-state index contributed by atoms with van der Waals surface area (Å²) in [6.07, 6.45) is 0.677. The zero-order valence-electron chi connectivity index (χ0n) is 18.4. The molecule has 0 spiro atoms. The summed E-state index contributed by atoms with van der Waals surface area (Å²) in [6.45, 7) is 6.24. The molecule has 0 aliphatic carbocycles. The van der Waals surface area contributed by atoms with Crippen molar-refractivity contribution in [1.82, 2.24) is 14.1 Å². The van der Waals surface area contributed by atoms with Crippen LogP contribution < -0.4 is 5.32 Å². The van der Waals surface area contributed by atoms with Gasteiger partial charge in [-0.3, -0.25) is 4.79 Å². The van der Waals surface area contributed by atoms with Crippen molar-refractivity contribution in [2.75, 3.05) is 18.4 Å². The number of hydrogen-bond acceptors (Lipinski definition) is 4. The molecular formula is C23H27FN4O3S. The molecule has 3 rings (SSSR count). The van der Waals surface area contributed by atoms with Crippen LogP contribution in [-0.2, 0) is 21.2 Å². The minimum Gasteiger partial charge on any atom is -0.311 e. The molecule has 9 heteroatoms. The van der Waals surface area contributed by atoms with E-state index in [-0.39, 0.29) is 23.0 Å². The molecule has 3 aromatic rings. The molecular weight excluding hydrogens is 431 g/mol. The van der Waals surface area contributed by atoms with Crippen LogP contribution in [0.1, 0.15) is 31.5 Å². The summed E-state index contributed by atoms with van der Waals surface area (Å²) in [5, 5.41) is 7.21. The highest BCUT2D eigenvalue weighted by Gasteiger charge is 2.21. The van der Waals surface area contributed by atoms with E-state index in [0.29, 0.717) is 31.0 Å². The van der Waals surface area contributed by atoms with Gasteiger partial charge in [0.1, 0.15) is 11.6 Å². The number of carbonyl (C=O) groups is 1. The fourth-order valence-electron chi connectivity index (χ4n) is 3.37. The molecule has 0 unspecified atom stereocenters. The molecule has 0 radical (unpaired) electrons. The highest BCUT2D eigenvalue weighted by Crippen LogP contribution is 2.19. The lowest BCUT2D eigenvalue weighted by atomic mass is 10.1. The number of anilines is 1. The highest BCUT2D eigenvalue weighted by molar-refractivity contribution is 7.89. The second kappa shape index (κ2) is 10.1. The number of carbonyl (C=O) groups excluding carboxylic acids is 1. The second-order valence-corrected chi connectivity index (χ2v) is 9.28. The van der Waals surface area contributed by atoms with Crippen LogP contribution in [0.5, 0.6) is 0 Å². The van der Waals surface area contributed by atoms with Crippen LogP contribution in [0.2, 0.25) is 0 Å². The fraction of sp³-hybridized carbons (Fsp3) is 0.304. The Bertz CT molecular complexity index is 1170. The van der Waals surface area contributed by atoms with Crippen molar-refractivity contribution in [3.05, 3.63) is 71.7 Å². The quantitative estimate of drug-likeness (QED) is 0.527. The summed E-state index contributed by atoms with van der Waals surface area (Å²) in [4.78, 5) is 12.8. The van der Waals surface area contributed by atoms with E-state index in [1.165, 1.54) is 16.4 Å². The predicted octanol–water partition coefficient (Wildman–Crippen LogP) is 3.92. The Morgan fingerprint density at radius 3 is 2.28 bits per heavy atom. The van der Waals surface area contributed by atoms with Crippen molar-refractivity contribution in [1.29, 1.82) is 0 Å². The highest BCUT2D eigenvalue weighted by atomic mass is 32.2. The third-order valence-corrected chi connectivity index (χ3v) is 7.14. The summed E-state index contributed by atoms with van der Waals surface area (Å²) in [6, 6.07) is 14.2. The maximum absolute atomic E-state index is 13.2. The van der Waals surface area contributed by atoms with Crippen LogP contribution in [0.15, 0.2) is 59.5 Å². The van der Waals surface area contributed by atoms with Gasteiger partial charge in [-0.2, -0.15) is 9.40 Å². The van der Waals surface area contributed by atoms with Crippen molar-refractivity contribution in [2.45, 2.75) is 38.5 Å². The summed E-state index contributed by atoms with van der Waals surface area (Å²) < 4.78 is 41.3. The molecule has 0 aliphatic rings. The largest absolute Gasteiger partial charge is 0.311 e. The van der Waals surface area contributed by atoms with E-state index >= 15 is 0 Å². The second-order valence-electron chi connectivity index (χ2n) is 7.34. The van der Waals surface area contributed by atoms with Crippen LogP contribution in [-0.4, -0.2) is 41.5 Å². The molecule has 1 N–H and O–H groups in total. The van der Waals surface area contributed by atoms with Crippen LogP contribution in [0.3, 0.4) is 0 Å². The van der Waals surface area contributed by atoms with E-state index in [0.717, 1.165) is 11.3 Å². The first-order valence-electron chi connectivity index (χ1n) is 10.5. The van der Waals surface area contributed by atoms with E-state index in [1.54, 1.807) is 61.0 Å². The molecule has 170 valence electrons. The van der Waals surface area contributed by atoms with Gasteiger partial charge in [0.15, 0.2) is 0 Å². The van der Waals surface area contributed by atoms with Gasteiger partial charge in [0.2, 0.25) is 15.9 Å². The third kappa shape index (κ3) is 5.41. The van der Waals surface area contributed by atoms with E-state index in [9.17, 15) is 17.6 Å². The molecule has 1 amide bonds.